The van der Waals surface area contributed by atoms with Crippen LogP contribution in [0.4, 0.5) is 0 Å². The highest BCUT2D eigenvalue weighted by molar-refractivity contribution is 5.08. The van der Waals surface area contributed by atoms with Crippen LogP contribution in [0.2, 0.25) is 0 Å². The average molecular weight is 166 g/mol. The van der Waals surface area contributed by atoms with E-state index in [-0.39, 0.29) is 12.0 Å². The molecule has 1 fully saturated rings. The van der Waals surface area contributed by atoms with E-state index in [2.05, 4.69) is 0 Å². The average Bonchev–Trinajstić information content (AvgIpc) is 2.57. The largest absolute Gasteiger partial charge is 0.469 e. The van der Waals surface area contributed by atoms with E-state index in [1.54, 1.807) is 6.26 Å². The maximum absolute atomic E-state index is 9.68. The molecule has 2 atom stereocenters. The minimum atomic E-state index is -0.190. The first-order valence-electron chi connectivity index (χ1n) is 4.59. The third-order valence-electron chi connectivity index (χ3n) is 2.64. The van der Waals surface area contributed by atoms with Crippen LogP contribution in [0.3, 0.4) is 0 Å². The highest BCUT2D eigenvalue weighted by Gasteiger charge is 2.26. The standard InChI is InChI=1S/C10H14O2/c11-9-5-2-1-4-8(9)10-6-3-7-12-10/h3,6-9,11H,1-2,4-5H2/t8-,9+/m0/s1. The zero-order valence-electron chi connectivity index (χ0n) is 7.07. The molecule has 0 amide bonds. The van der Waals surface area contributed by atoms with Crippen LogP contribution in [-0.2, 0) is 0 Å². The lowest BCUT2D eigenvalue weighted by atomic mass is 9.85. The second kappa shape index (κ2) is 3.31. The van der Waals surface area contributed by atoms with Crippen molar-refractivity contribution in [3.05, 3.63) is 24.2 Å². The van der Waals surface area contributed by atoms with Gasteiger partial charge in [0, 0.05) is 5.92 Å². The molecule has 1 aliphatic rings. The van der Waals surface area contributed by atoms with Crippen LogP contribution >= 0.6 is 0 Å². The van der Waals surface area contributed by atoms with Gasteiger partial charge < -0.3 is 9.52 Å². The first-order chi connectivity index (χ1) is 5.88. The molecule has 0 aromatic carbocycles. The fourth-order valence-electron chi connectivity index (χ4n) is 1.95. The summed E-state index contributed by atoms with van der Waals surface area (Å²) in [6.07, 6.45) is 5.84. The molecule has 1 aliphatic carbocycles. The number of furan rings is 1. The minimum absolute atomic E-state index is 0.190. The number of aliphatic hydroxyl groups is 1. The number of hydrogen-bond donors (Lipinski definition) is 1. The Kier molecular flexibility index (Phi) is 2.17. The van der Waals surface area contributed by atoms with Gasteiger partial charge in [0.2, 0.25) is 0 Å². The predicted octanol–water partition coefficient (Wildman–Crippen LogP) is 2.30. The molecule has 1 N–H and O–H groups in total. The quantitative estimate of drug-likeness (QED) is 0.694. The van der Waals surface area contributed by atoms with E-state index in [1.807, 2.05) is 12.1 Å². The van der Waals surface area contributed by atoms with Crippen molar-refractivity contribution < 1.29 is 9.52 Å². The minimum Gasteiger partial charge on any atom is -0.469 e. The zero-order chi connectivity index (χ0) is 8.39. The molecule has 1 heterocycles. The van der Waals surface area contributed by atoms with Crippen LogP contribution in [0.15, 0.2) is 22.8 Å². The lowest BCUT2D eigenvalue weighted by molar-refractivity contribution is 0.0965. The first-order valence-corrected chi connectivity index (χ1v) is 4.59. The van der Waals surface area contributed by atoms with Crippen molar-refractivity contribution in [2.45, 2.75) is 37.7 Å². The number of aliphatic hydroxyl groups excluding tert-OH is 1. The molecule has 66 valence electrons. The Morgan fingerprint density at radius 1 is 1.33 bits per heavy atom. The summed E-state index contributed by atoms with van der Waals surface area (Å²) in [6.45, 7) is 0. The third-order valence-corrected chi connectivity index (χ3v) is 2.64. The van der Waals surface area contributed by atoms with Crippen molar-refractivity contribution >= 4 is 0 Å². The van der Waals surface area contributed by atoms with E-state index >= 15 is 0 Å². The van der Waals surface area contributed by atoms with Gasteiger partial charge in [-0.05, 0) is 25.0 Å². The van der Waals surface area contributed by atoms with Crippen molar-refractivity contribution in [1.82, 2.24) is 0 Å². The van der Waals surface area contributed by atoms with Gasteiger partial charge in [0.05, 0.1) is 12.4 Å². The van der Waals surface area contributed by atoms with E-state index in [4.69, 9.17) is 4.42 Å². The highest BCUT2D eigenvalue weighted by atomic mass is 16.3. The Balaban J connectivity index is 2.11. The molecule has 1 aromatic rings. The Hall–Kier alpha value is -0.760. The molecule has 12 heavy (non-hydrogen) atoms. The van der Waals surface area contributed by atoms with E-state index in [1.165, 1.54) is 6.42 Å². The highest BCUT2D eigenvalue weighted by Crippen LogP contribution is 2.32. The van der Waals surface area contributed by atoms with Crippen molar-refractivity contribution in [1.29, 1.82) is 0 Å². The smallest absolute Gasteiger partial charge is 0.109 e. The fourth-order valence-corrected chi connectivity index (χ4v) is 1.95. The molecule has 2 nitrogen and oxygen atoms in total. The van der Waals surface area contributed by atoms with Gasteiger partial charge in [-0.3, -0.25) is 0 Å². The van der Waals surface area contributed by atoms with E-state index in [0.717, 1.165) is 25.0 Å². The molecule has 1 saturated carbocycles. The van der Waals surface area contributed by atoms with Crippen molar-refractivity contribution in [2.24, 2.45) is 0 Å². The lowest BCUT2D eigenvalue weighted by Crippen LogP contribution is -2.21. The van der Waals surface area contributed by atoms with Crippen molar-refractivity contribution in [2.75, 3.05) is 0 Å². The van der Waals surface area contributed by atoms with Crippen LogP contribution in [0, 0.1) is 0 Å². The Morgan fingerprint density at radius 3 is 2.83 bits per heavy atom. The number of hydrogen-bond acceptors (Lipinski definition) is 2. The van der Waals surface area contributed by atoms with Gasteiger partial charge in [0.15, 0.2) is 0 Å². The van der Waals surface area contributed by atoms with Crippen LogP contribution in [-0.4, -0.2) is 11.2 Å². The second-order valence-electron chi connectivity index (χ2n) is 3.47. The van der Waals surface area contributed by atoms with Gasteiger partial charge >= 0.3 is 0 Å². The monoisotopic (exact) mass is 166 g/mol. The Bertz CT molecular complexity index is 228. The van der Waals surface area contributed by atoms with E-state index < -0.39 is 0 Å². The summed E-state index contributed by atoms with van der Waals surface area (Å²) in [5, 5.41) is 9.68. The van der Waals surface area contributed by atoms with Crippen molar-refractivity contribution in [3.8, 4) is 0 Å². The summed E-state index contributed by atoms with van der Waals surface area (Å²) in [7, 11) is 0. The fraction of sp³-hybridized carbons (Fsp3) is 0.600. The molecular formula is C10H14O2. The van der Waals surface area contributed by atoms with Crippen LogP contribution in [0.5, 0.6) is 0 Å². The maximum atomic E-state index is 9.68. The molecular weight excluding hydrogens is 152 g/mol. The molecule has 1 aromatic heterocycles. The molecule has 0 bridgehead atoms. The van der Waals surface area contributed by atoms with E-state index in [0.29, 0.717) is 0 Å². The summed E-state index contributed by atoms with van der Waals surface area (Å²) in [5.41, 5.74) is 0. The normalized spacial score (nSPS) is 30.4. The summed E-state index contributed by atoms with van der Waals surface area (Å²) < 4.78 is 5.28. The molecule has 0 unspecified atom stereocenters. The topological polar surface area (TPSA) is 33.4 Å². The van der Waals surface area contributed by atoms with Crippen LogP contribution in [0.1, 0.15) is 37.4 Å². The Labute approximate surface area is 72.2 Å². The Morgan fingerprint density at radius 2 is 2.17 bits per heavy atom. The van der Waals surface area contributed by atoms with Gasteiger partial charge in [-0.15, -0.1) is 0 Å². The van der Waals surface area contributed by atoms with Gasteiger partial charge in [0.25, 0.3) is 0 Å². The SMILES string of the molecule is O[C@@H]1CCCC[C@@H]1c1ccco1. The van der Waals surface area contributed by atoms with Gasteiger partial charge in [-0.25, -0.2) is 0 Å². The molecule has 0 saturated heterocycles. The maximum Gasteiger partial charge on any atom is 0.109 e. The van der Waals surface area contributed by atoms with Gasteiger partial charge in [-0.1, -0.05) is 12.8 Å². The molecule has 0 spiro atoms. The third kappa shape index (κ3) is 1.39. The van der Waals surface area contributed by atoms with Crippen LogP contribution in [0.25, 0.3) is 0 Å². The van der Waals surface area contributed by atoms with Gasteiger partial charge in [0.1, 0.15) is 5.76 Å². The predicted molar refractivity (Wildman–Crippen MR) is 45.9 cm³/mol. The van der Waals surface area contributed by atoms with Crippen LogP contribution < -0.4 is 0 Å². The molecule has 2 rings (SSSR count). The first kappa shape index (κ1) is 7.87. The van der Waals surface area contributed by atoms with Crippen molar-refractivity contribution in [3.63, 3.8) is 0 Å². The second-order valence-corrected chi connectivity index (χ2v) is 3.47. The molecule has 2 heteroatoms. The lowest BCUT2D eigenvalue weighted by Gasteiger charge is -2.25. The summed E-state index contributed by atoms with van der Waals surface area (Å²) >= 11 is 0. The van der Waals surface area contributed by atoms with E-state index in [9.17, 15) is 5.11 Å². The summed E-state index contributed by atoms with van der Waals surface area (Å²) in [6, 6.07) is 3.84. The molecule has 0 radical (unpaired) electrons. The molecule has 0 aliphatic heterocycles. The summed E-state index contributed by atoms with van der Waals surface area (Å²) in [5.74, 6) is 1.19. The van der Waals surface area contributed by atoms with Gasteiger partial charge in [-0.2, -0.15) is 0 Å². The number of rotatable bonds is 1. The zero-order valence-corrected chi connectivity index (χ0v) is 7.07. The summed E-state index contributed by atoms with van der Waals surface area (Å²) in [4.78, 5) is 0.